The highest BCUT2D eigenvalue weighted by molar-refractivity contribution is 5.66. The van der Waals surface area contributed by atoms with Crippen LogP contribution in [-0.2, 0) is 9.53 Å². The normalized spacial score (nSPS) is 54.0. The van der Waals surface area contributed by atoms with Crippen LogP contribution in [0.5, 0.6) is 0 Å². The average molecular weight is 469 g/mol. The van der Waals surface area contributed by atoms with Gasteiger partial charge in [0.15, 0.2) is 0 Å². The number of hydrogen-bond donors (Lipinski definition) is 0. The number of carbonyl (C=O) groups excluding carboxylic acids is 1. The molecule has 0 aromatic rings. The number of fused-ring (bicyclic) bond motifs is 7. The third-order valence-corrected chi connectivity index (χ3v) is 13.8. The minimum atomic E-state index is -0.105. The van der Waals surface area contributed by atoms with Crippen LogP contribution in [0.15, 0.2) is 11.6 Å². The fraction of sp³-hybridized carbons (Fsp3) is 0.906. The van der Waals surface area contributed by atoms with Crippen LogP contribution in [0, 0.1) is 56.7 Å². The minimum absolute atomic E-state index is 0.0582. The van der Waals surface area contributed by atoms with Crippen molar-refractivity contribution in [1.29, 1.82) is 0 Å². The predicted molar refractivity (Wildman–Crippen MR) is 140 cm³/mol. The first-order valence-electron chi connectivity index (χ1n) is 14.5. The second-order valence-corrected chi connectivity index (χ2v) is 15.2. The molecule has 5 aliphatic rings. The Kier molecular flexibility index (Phi) is 5.57. The zero-order chi connectivity index (χ0) is 24.9. The monoisotopic (exact) mass is 468 g/mol. The molecule has 192 valence electrons. The van der Waals surface area contributed by atoms with E-state index in [1.165, 1.54) is 51.4 Å². The summed E-state index contributed by atoms with van der Waals surface area (Å²) in [6.45, 7) is 22.1. The molecule has 0 N–H and O–H groups in total. The molecule has 0 heterocycles. The number of esters is 1. The zero-order valence-corrected chi connectivity index (χ0v) is 23.7. The van der Waals surface area contributed by atoms with Crippen LogP contribution >= 0.6 is 0 Å². The number of rotatable bonds is 1. The van der Waals surface area contributed by atoms with Crippen LogP contribution in [-0.4, -0.2) is 12.1 Å². The topological polar surface area (TPSA) is 26.3 Å². The highest BCUT2D eigenvalue weighted by Gasteiger charge is 2.69. The lowest BCUT2D eigenvalue weighted by Crippen LogP contribution is -2.67. The van der Waals surface area contributed by atoms with Gasteiger partial charge in [-0.1, -0.05) is 60.1 Å². The van der Waals surface area contributed by atoms with Crippen molar-refractivity contribution >= 4 is 5.97 Å². The van der Waals surface area contributed by atoms with Gasteiger partial charge in [-0.3, -0.25) is 4.79 Å². The number of allylic oxidation sites excluding steroid dienone is 2. The average Bonchev–Trinajstić information content (AvgIpc) is 2.74. The maximum atomic E-state index is 11.9. The van der Waals surface area contributed by atoms with Gasteiger partial charge in [0.05, 0.1) is 0 Å². The smallest absolute Gasteiger partial charge is 0.302 e. The van der Waals surface area contributed by atoms with Gasteiger partial charge in [-0.2, -0.15) is 0 Å². The summed E-state index contributed by atoms with van der Waals surface area (Å²) in [4.78, 5) is 11.9. The van der Waals surface area contributed by atoms with Crippen molar-refractivity contribution < 1.29 is 9.53 Å². The van der Waals surface area contributed by atoms with Crippen LogP contribution < -0.4 is 0 Å². The summed E-state index contributed by atoms with van der Waals surface area (Å²) in [5, 5.41) is 0. The van der Waals surface area contributed by atoms with Crippen molar-refractivity contribution in [3.05, 3.63) is 11.6 Å². The van der Waals surface area contributed by atoms with E-state index in [1.54, 1.807) is 12.5 Å². The van der Waals surface area contributed by atoms with Crippen LogP contribution in [0.4, 0.5) is 0 Å². The van der Waals surface area contributed by atoms with E-state index in [-0.39, 0.29) is 17.5 Å². The molecule has 0 unspecified atom stereocenters. The highest BCUT2D eigenvalue weighted by Crippen LogP contribution is 2.76. The molecular weight excluding hydrogens is 416 g/mol. The van der Waals surface area contributed by atoms with E-state index < -0.39 is 0 Å². The van der Waals surface area contributed by atoms with E-state index in [0.717, 1.165) is 30.1 Å². The van der Waals surface area contributed by atoms with Crippen LogP contribution in [0.25, 0.3) is 0 Å². The van der Waals surface area contributed by atoms with Crippen molar-refractivity contribution in [2.45, 2.75) is 126 Å². The molecule has 0 aliphatic heterocycles. The number of ether oxygens (including phenoxy) is 1. The fourth-order valence-corrected chi connectivity index (χ4v) is 11.7. The molecule has 0 amide bonds. The third-order valence-electron chi connectivity index (χ3n) is 13.8. The lowest BCUT2D eigenvalue weighted by Gasteiger charge is -2.73. The molecule has 0 radical (unpaired) electrons. The van der Waals surface area contributed by atoms with Gasteiger partial charge in [0.2, 0.25) is 0 Å². The number of carbonyl (C=O) groups is 1. The molecule has 2 heteroatoms. The molecule has 5 aliphatic carbocycles. The van der Waals surface area contributed by atoms with E-state index in [4.69, 9.17) is 4.74 Å². The predicted octanol–water partition coefficient (Wildman–Crippen LogP) is 8.60. The first-order valence-corrected chi connectivity index (χ1v) is 14.5. The summed E-state index contributed by atoms with van der Waals surface area (Å²) < 4.78 is 5.92. The van der Waals surface area contributed by atoms with Gasteiger partial charge < -0.3 is 4.74 Å². The molecule has 4 fully saturated rings. The third kappa shape index (κ3) is 3.08. The Morgan fingerprint density at radius 3 is 2.26 bits per heavy atom. The standard InChI is InChI=1S/C32H52O2/c1-20-12-15-29(6)18-19-31(8)23(27(29)21(20)2)10-11-25-30(7)16-14-26(34-22(3)33)28(4,5)24(30)13-17-32(25,31)9/h12,21,23-27H,10-11,13-19H2,1-9H3/t21-,23+,24+,25-,26-,27-,29-,30+,31-,32-/m1/s1. The highest BCUT2D eigenvalue weighted by atomic mass is 16.5. The van der Waals surface area contributed by atoms with Crippen molar-refractivity contribution in [3.8, 4) is 0 Å². The van der Waals surface area contributed by atoms with Gasteiger partial charge in [-0.05, 0) is 116 Å². The zero-order valence-electron chi connectivity index (χ0n) is 23.7. The molecule has 0 aromatic heterocycles. The van der Waals surface area contributed by atoms with E-state index in [0.29, 0.717) is 27.6 Å². The number of hydrogen-bond acceptors (Lipinski definition) is 2. The summed E-state index contributed by atoms with van der Waals surface area (Å²) in [7, 11) is 0. The molecule has 5 rings (SSSR count). The lowest BCUT2D eigenvalue weighted by molar-refractivity contribution is -0.252. The van der Waals surface area contributed by atoms with Crippen molar-refractivity contribution in [1.82, 2.24) is 0 Å². The molecule has 0 bridgehead atoms. The van der Waals surface area contributed by atoms with Gasteiger partial charge in [0.1, 0.15) is 6.10 Å². The van der Waals surface area contributed by atoms with E-state index in [1.807, 2.05) is 0 Å². The Morgan fingerprint density at radius 1 is 0.882 bits per heavy atom. The largest absolute Gasteiger partial charge is 0.462 e. The lowest BCUT2D eigenvalue weighted by atomic mass is 9.31. The van der Waals surface area contributed by atoms with E-state index >= 15 is 0 Å². The van der Waals surface area contributed by atoms with E-state index in [9.17, 15) is 4.79 Å². The van der Waals surface area contributed by atoms with Crippen molar-refractivity contribution in [2.75, 3.05) is 0 Å². The summed E-state index contributed by atoms with van der Waals surface area (Å²) >= 11 is 0. The Bertz CT molecular complexity index is 885. The Labute approximate surface area is 210 Å². The van der Waals surface area contributed by atoms with Crippen molar-refractivity contribution in [2.24, 2.45) is 56.7 Å². The Morgan fingerprint density at radius 2 is 1.59 bits per heavy atom. The van der Waals surface area contributed by atoms with Crippen LogP contribution in [0.1, 0.15) is 120 Å². The first kappa shape index (κ1) is 24.9. The molecule has 4 saturated carbocycles. The summed E-state index contributed by atoms with van der Waals surface area (Å²) in [6.07, 6.45) is 14.5. The summed E-state index contributed by atoms with van der Waals surface area (Å²) in [5.41, 5.74) is 3.43. The SMILES string of the molecule is CC(=O)O[C@@H]1CC[C@]2(C)[C@H]3CC[C@H]4[C@H]5[C@H](C)C(C)=CC[C@]5(C)CC[C@@]4(C)[C@]3(C)CC[C@H]2C1(C)C. The minimum Gasteiger partial charge on any atom is -0.462 e. The maximum absolute atomic E-state index is 11.9. The second-order valence-electron chi connectivity index (χ2n) is 15.2. The molecule has 0 spiro atoms. The van der Waals surface area contributed by atoms with Gasteiger partial charge in [0, 0.05) is 12.3 Å². The van der Waals surface area contributed by atoms with Crippen molar-refractivity contribution in [3.63, 3.8) is 0 Å². The summed E-state index contributed by atoms with van der Waals surface area (Å²) in [6, 6.07) is 0. The quantitative estimate of drug-likeness (QED) is 0.284. The first-order chi connectivity index (χ1) is 15.7. The second kappa shape index (κ2) is 7.61. The molecule has 10 atom stereocenters. The summed E-state index contributed by atoms with van der Waals surface area (Å²) in [5.74, 6) is 3.76. The van der Waals surface area contributed by atoms with Gasteiger partial charge in [-0.25, -0.2) is 0 Å². The van der Waals surface area contributed by atoms with Gasteiger partial charge >= 0.3 is 5.97 Å². The van der Waals surface area contributed by atoms with Gasteiger partial charge in [0.25, 0.3) is 0 Å². The maximum Gasteiger partial charge on any atom is 0.302 e. The molecular formula is C32H52O2. The fourth-order valence-electron chi connectivity index (χ4n) is 11.7. The van der Waals surface area contributed by atoms with Gasteiger partial charge in [-0.15, -0.1) is 0 Å². The van der Waals surface area contributed by atoms with E-state index in [2.05, 4.69) is 61.5 Å². The molecule has 34 heavy (non-hydrogen) atoms. The Balaban J connectivity index is 1.50. The van der Waals surface area contributed by atoms with Crippen LogP contribution in [0.3, 0.4) is 0 Å². The molecule has 0 saturated heterocycles. The Hall–Kier alpha value is -0.790. The molecule has 2 nitrogen and oxygen atoms in total. The molecule has 0 aromatic carbocycles. The van der Waals surface area contributed by atoms with Crippen LogP contribution in [0.2, 0.25) is 0 Å².